The van der Waals surface area contributed by atoms with Crippen LogP contribution in [0.5, 0.6) is 5.75 Å². The number of fused-ring (bicyclic) bond motifs is 1. The third-order valence-electron chi connectivity index (χ3n) is 4.83. The number of carbonyl (C=O) groups excluding carboxylic acids is 2. The van der Waals surface area contributed by atoms with Crippen LogP contribution >= 0.6 is 0 Å². The molecule has 2 amide bonds. The number of carbonyl (C=O) groups is 2. The number of rotatable bonds is 7. The van der Waals surface area contributed by atoms with Crippen LogP contribution in [0.4, 0.5) is 11.4 Å². The lowest BCUT2D eigenvalue weighted by Gasteiger charge is -2.24. The maximum Gasteiger partial charge on any atom is 0.265 e. The summed E-state index contributed by atoms with van der Waals surface area (Å²) in [5, 5.41) is 5.46. The van der Waals surface area contributed by atoms with Gasteiger partial charge in [-0.3, -0.25) is 9.59 Å². The minimum Gasteiger partial charge on any atom is -0.479 e. The third-order valence-corrected chi connectivity index (χ3v) is 6.32. The Hall–Kier alpha value is -2.91. The van der Waals surface area contributed by atoms with Gasteiger partial charge in [0, 0.05) is 5.69 Å². The van der Waals surface area contributed by atoms with E-state index in [1.165, 1.54) is 12.1 Å². The van der Waals surface area contributed by atoms with Crippen LogP contribution in [0.1, 0.15) is 32.8 Å². The predicted octanol–water partition coefficient (Wildman–Crippen LogP) is 3.05. The molecule has 3 N–H and O–H groups in total. The van der Waals surface area contributed by atoms with E-state index in [4.69, 9.17) is 4.74 Å². The van der Waals surface area contributed by atoms with Crippen molar-refractivity contribution >= 4 is 33.2 Å². The highest BCUT2D eigenvalue weighted by atomic mass is 32.2. The number of hydrogen-bond donors (Lipinski definition) is 3. The van der Waals surface area contributed by atoms with Crippen molar-refractivity contribution in [2.75, 3.05) is 10.6 Å². The predicted molar refractivity (Wildman–Crippen MR) is 119 cm³/mol. The van der Waals surface area contributed by atoms with E-state index in [0.29, 0.717) is 23.5 Å². The molecule has 1 aliphatic rings. The zero-order valence-electron chi connectivity index (χ0n) is 17.9. The average molecular weight is 446 g/mol. The molecular formula is C22H27N3O5S. The van der Waals surface area contributed by atoms with Crippen molar-refractivity contribution in [3.05, 3.63) is 48.0 Å². The van der Waals surface area contributed by atoms with Crippen LogP contribution in [0.2, 0.25) is 0 Å². The second-order valence-electron chi connectivity index (χ2n) is 8.07. The first kappa shape index (κ1) is 22.8. The van der Waals surface area contributed by atoms with Gasteiger partial charge in [-0.1, -0.05) is 31.5 Å². The van der Waals surface area contributed by atoms with E-state index in [1.807, 2.05) is 20.8 Å². The van der Waals surface area contributed by atoms with Gasteiger partial charge in [-0.25, -0.2) is 8.42 Å². The van der Waals surface area contributed by atoms with Gasteiger partial charge in [-0.05, 0) is 56.5 Å². The Bertz CT molecular complexity index is 1080. The van der Waals surface area contributed by atoms with Crippen LogP contribution in [0.25, 0.3) is 0 Å². The maximum atomic E-state index is 12.9. The lowest BCUT2D eigenvalue weighted by molar-refractivity contribution is -0.122. The monoisotopic (exact) mass is 445 g/mol. The van der Waals surface area contributed by atoms with Crippen LogP contribution in [-0.2, 0) is 19.6 Å². The summed E-state index contributed by atoms with van der Waals surface area (Å²) in [6.07, 6.45) is -0.279. The second-order valence-corrected chi connectivity index (χ2v) is 9.78. The standard InChI is InChI=1S/C22H27N3O5S/c1-13(2)11-19(25-31(28,29)17-8-5-14(3)6-9-17)22(27)23-16-7-10-20-18(12-16)24-21(26)15(4)30-20/h5-10,12-13,15,19,25H,11H2,1-4H3,(H,23,27)(H,24,26)/t15-,19+/m0/s1. The van der Waals surface area contributed by atoms with E-state index in [-0.39, 0.29) is 16.7 Å². The molecule has 0 aromatic heterocycles. The van der Waals surface area contributed by atoms with E-state index < -0.39 is 28.1 Å². The molecule has 2 aromatic rings. The van der Waals surface area contributed by atoms with E-state index in [2.05, 4.69) is 15.4 Å². The molecule has 1 aliphatic heterocycles. The summed E-state index contributed by atoms with van der Waals surface area (Å²) in [6.45, 7) is 7.33. The Morgan fingerprint density at radius 1 is 1.16 bits per heavy atom. The van der Waals surface area contributed by atoms with Gasteiger partial charge in [0.15, 0.2) is 6.10 Å². The molecule has 0 unspecified atom stereocenters. The Morgan fingerprint density at radius 2 is 1.84 bits per heavy atom. The van der Waals surface area contributed by atoms with Gasteiger partial charge in [-0.15, -0.1) is 0 Å². The molecule has 3 rings (SSSR count). The minimum atomic E-state index is -3.87. The molecule has 0 saturated heterocycles. The van der Waals surface area contributed by atoms with Crippen LogP contribution < -0.4 is 20.1 Å². The first-order valence-corrected chi connectivity index (χ1v) is 11.5. The quantitative estimate of drug-likeness (QED) is 0.606. The molecule has 0 aliphatic carbocycles. The Labute approximate surface area is 182 Å². The van der Waals surface area contributed by atoms with E-state index in [9.17, 15) is 18.0 Å². The molecule has 1 heterocycles. The summed E-state index contributed by atoms with van der Waals surface area (Å²) in [7, 11) is -3.87. The number of hydrogen-bond acceptors (Lipinski definition) is 5. The third kappa shape index (κ3) is 5.62. The highest BCUT2D eigenvalue weighted by molar-refractivity contribution is 7.89. The molecule has 2 atom stereocenters. The highest BCUT2D eigenvalue weighted by Crippen LogP contribution is 2.32. The van der Waals surface area contributed by atoms with Gasteiger partial charge in [-0.2, -0.15) is 4.72 Å². The minimum absolute atomic E-state index is 0.0779. The molecule has 0 fully saturated rings. The number of ether oxygens (including phenoxy) is 1. The van der Waals surface area contributed by atoms with Crippen molar-refractivity contribution in [2.45, 2.75) is 51.2 Å². The Balaban J connectivity index is 1.78. The van der Waals surface area contributed by atoms with Gasteiger partial charge < -0.3 is 15.4 Å². The molecule has 0 bridgehead atoms. The van der Waals surface area contributed by atoms with E-state index >= 15 is 0 Å². The van der Waals surface area contributed by atoms with Gasteiger partial charge in [0.1, 0.15) is 11.8 Å². The molecule has 0 radical (unpaired) electrons. The summed E-state index contributed by atoms with van der Waals surface area (Å²) in [6, 6.07) is 10.3. The summed E-state index contributed by atoms with van der Waals surface area (Å²) in [5.41, 5.74) is 1.81. The number of aryl methyl sites for hydroxylation is 1. The number of anilines is 2. The van der Waals surface area contributed by atoms with Crippen molar-refractivity contribution in [3.8, 4) is 5.75 Å². The van der Waals surface area contributed by atoms with Crippen LogP contribution in [0.3, 0.4) is 0 Å². The Morgan fingerprint density at radius 3 is 2.48 bits per heavy atom. The fourth-order valence-corrected chi connectivity index (χ4v) is 4.38. The van der Waals surface area contributed by atoms with Gasteiger partial charge in [0.25, 0.3) is 5.91 Å². The molecule has 0 spiro atoms. The summed E-state index contributed by atoms with van der Waals surface area (Å²) in [4.78, 5) is 24.9. The fourth-order valence-electron chi connectivity index (χ4n) is 3.17. The van der Waals surface area contributed by atoms with Crippen molar-refractivity contribution < 1.29 is 22.7 Å². The zero-order valence-corrected chi connectivity index (χ0v) is 18.7. The molecular weight excluding hydrogens is 418 g/mol. The Kier molecular flexibility index (Phi) is 6.66. The fraction of sp³-hybridized carbons (Fsp3) is 0.364. The number of sulfonamides is 1. The van der Waals surface area contributed by atoms with Crippen LogP contribution in [-0.4, -0.2) is 32.4 Å². The zero-order chi connectivity index (χ0) is 22.8. The number of nitrogens with one attached hydrogen (secondary N) is 3. The number of amides is 2. The highest BCUT2D eigenvalue weighted by Gasteiger charge is 2.28. The molecule has 9 heteroatoms. The van der Waals surface area contributed by atoms with E-state index in [0.717, 1.165) is 5.56 Å². The topological polar surface area (TPSA) is 114 Å². The maximum absolute atomic E-state index is 12.9. The SMILES string of the molecule is Cc1ccc(S(=O)(=O)N[C@H](CC(C)C)C(=O)Nc2ccc3c(c2)NC(=O)[C@H](C)O3)cc1. The first-order chi connectivity index (χ1) is 14.5. The summed E-state index contributed by atoms with van der Waals surface area (Å²) >= 11 is 0. The molecule has 8 nitrogen and oxygen atoms in total. The number of benzene rings is 2. The summed E-state index contributed by atoms with van der Waals surface area (Å²) < 4.78 is 33.6. The van der Waals surface area contributed by atoms with E-state index in [1.54, 1.807) is 37.3 Å². The smallest absolute Gasteiger partial charge is 0.265 e. The van der Waals surface area contributed by atoms with Crippen LogP contribution in [0.15, 0.2) is 47.4 Å². The van der Waals surface area contributed by atoms with Crippen molar-refractivity contribution in [1.82, 2.24) is 4.72 Å². The molecule has 31 heavy (non-hydrogen) atoms. The van der Waals surface area contributed by atoms with Crippen molar-refractivity contribution in [2.24, 2.45) is 5.92 Å². The molecule has 0 saturated carbocycles. The second kappa shape index (κ2) is 9.07. The molecule has 2 aromatic carbocycles. The molecule has 166 valence electrons. The van der Waals surface area contributed by atoms with Gasteiger partial charge >= 0.3 is 0 Å². The lowest BCUT2D eigenvalue weighted by Crippen LogP contribution is -2.44. The average Bonchev–Trinajstić information content (AvgIpc) is 2.68. The largest absolute Gasteiger partial charge is 0.479 e. The van der Waals surface area contributed by atoms with Crippen LogP contribution in [0, 0.1) is 12.8 Å². The van der Waals surface area contributed by atoms with Gasteiger partial charge in [0.05, 0.1) is 10.6 Å². The lowest BCUT2D eigenvalue weighted by atomic mass is 10.0. The van der Waals surface area contributed by atoms with Crippen molar-refractivity contribution in [3.63, 3.8) is 0 Å². The normalized spacial score (nSPS) is 16.8. The first-order valence-electron chi connectivity index (χ1n) is 10.1. The summed E-state index contributed by atoms with van der Waals surface area (Å²) in [5.74, 6) is -0.182. The van der Waals surface area contributed by atoms with Crippen molar-refractivity contribution in [1.29, 1.82) is 0 Å². The van der Waals surface area contributed by atoms with Gasteiger partial charge in [0.2, 0.25) is 15.9 Å².